The maximum atomic E-state index is 10.1. The van der Waals surface area contributed by atoms with Crippen LogP contribution >= 0.6 is 11.5 Å². The lowest BCUT2D eigenvalue weighted by Crippen LogP contribution is -2.10. The average Bonchev–Trinajstić information content (AvgIpc) is 2.77. The molecule has 0 aromatic carbocycles. The second-order valence-corrected chi connectivity index (χ2v) is 4.22. The largest absolute Gasteiger partial charge is 0.495 e. The first-order chi connectivity index (χ1) is 7.33. The summed E-state index contributed by atoms with van der Waals surface area (Å²) in [5, 5.41) is 14.1. The highest BCUT2D eigenvalue weighted by Gasteiger charge is 2.22. The van der Waals surface area contributed by atoms with Gasteiger partial charge in [-0.3, -0.25) is 0 Å². The number of aliphatic hydroxyl groups excluding tert-OH is 1. The SMILES string of the molecule is CCc1nnsc1C(O)C1=CCCCO1. The van der Waals surface area contributed by atoms with Gasteiger partial charge in [0.2, 0.25) is 0 Å². The molecule has 0 saturated heterocycles. The minimum absolute atomic E-state index is 0.655. The average molecular weight is 226 g/mol. The minimum atomic E-state index is -0.680. The number of allylic oxidation sites excluding steroid dienone is 1. The first-order valence-electron chi connectivity index (χ1n) is 5.15. The van der Waals surface area contributed by atoms with Crippen LogP contribution in [-0.4, -0.2) is 21.3 Å². The molecule has 15 heavy (non-hydrogen) atoms. The number of aliphatic hydroxyl groups is 1. The zero-order chi connectivity index (χ0) is 10.7. The van der Waals surface area contributed by atoms with Gasteiger partial charge in [0, 0.05) is 0 Å². The Morgan fingerprint density at radius 2 is 2.53 bits per heavy atom. The number of aromatic nitrogens is 2. The molecule has 1 aliphatic heterocycles. The molecule has 0 spiro atoms. The standard InChI is InChI=1S/C10H14N2O2S/c1-2-7-10(15-12-11-7)9(13)8-5-3-4-6-14-8/h5,9,13H,2-4,6H2,1H3. The summed E-state index contributed by atoms with van der Waals surface area (Å²) in [5.74, 6) is 0.655. The summed E-state index contributed by atoms with van der Waals surface area (Å²) < 4.78 is 9.28. The van der Waals surface area contributed by atoms with E-state index in [0.717, 1.165) is 29.8 Å². The Hall–Kier alpha value is -0.940. The van der Waals surface area contributed by atoms with E-state index in [-0.39, 0.29) is 0 Å². The van der Waals surface area contributed by atoms with Crippen LogP contribution in [0.25, 0.3) is 0 Å². The van der Waals surface area contributed by atoms with E-state index in [1.54, 1.807) is 0 Å². The molecule has 1 N–H and O–H groups in total. The first-order valence-corrected chi connectivity index (χ1v) is 5.92. The molecule has 0 saturated carbocycles. The van der Waals surface area contributed by atoms with Crippen molar-refractivity contribution in [2.75, 3.05) is 6.61 Å². The lowest BCUT2D eigenvalue weighted by atomic mass is 10.1. The lowest BCUT2D eigenvalue weighted by Gasteiger charge is -2.18. The normalized spacial score (nSPS) is 18.1. The minimum Gasteiger partial charge on any atom is -0.495 e. The number of hydrogen-bond acceptors (Lipinski definition) is 5. The molecule has 0 fully saturated rings. The predicted molar refractivity (Wildman–Crippen MR) is 57.5 cm³/mol. The molecule has 0 radical (unpaired) electrons. The van der Waals surface area contributed by atoms with Crippen molar-refractivity contribution in [2.24, 2.45) is 0 Å². The second kappa shape index (κ2) is 4.72. The molecule has 82 valence electrons. The molecule has 1 unspecified atom stereocenters. The first kappa shape index (κ1) is 10.6. The third kappa shape index (κ3) is 2.18. The molecule has 1 aromatic heterocycles. The molecule has 4 nitrogen and oxygen atoms in total. The fourth-order valence-corrected chi connectivity index (χ4v) is 2.30. The number of aryl methyl sites for hydroxylation is 1. The number of ether oxygens (including phenoxy) is 1. The summed E-state index contributed by atoms with van der Waals surface area (Å²) in [7, 11) is 0. The van der Waals surface area contributed by atoms with Crippen LogP contribution in [0.5, 0.6) is 0 Å². The highest BCUT2D eigenvalue weighted by atomic mass is 32.1. The van der Waals surface area contributed by atoms with E-state index in [1.807, 2.05) is 13.0 Å². The Morgan fingerprint density at radius 1 is 1.67 bits per heavy atom. The van der Waals surface area contributed by atoms with Gasteiger partial charge in [-0.1, -0.05) is 11.4 Å². The second-order valence-electron chi connectivity index (χ2n) is 3.44. The van der Waals surface area contributed by atoms with Gasteiger partial charge in [0.15, 0.2) is 0 Å². The van der Waals surface area contributed by atoms with Crippen LogP contribution in [0.2, 0.25) is 0 Å². The third-order valence-electron chi connectivity index (χ3n) is 2.40. The molecule has 1 atom stereocenters. The Balaban J connectivity index is 2.19. The molecular weight excluding hydrogens is 212 g/mol. The van der Waals surface area contributed by atoms with Crippen LogP contribution in [0.1, 0.15) is 36.4 Å². The topological polar surface area (TPSA) is 55.2 Å². The summed E-state index contributed by atoms with van der Waals surface area (Å²) >= 11 is 1.24. The molecule has 0 amide bonds. The molecule has 0 bridgehead atoms. The van der Waals surface area contributed by atoms with E-state index in [4.69, 9.17) is 4.74 Å². The van der Waals surface area contributed by atoms with Crippen LogP contribution in [0.4, 0.5) is 0 Å². The van der Waals surface area contributed by atoms with Crippen molar-refractivity contribution < 1.29 is 9.84 Å². The van der Waals surface area contributed by atoms with Crippen molar-refractivity contribution in [3.8, 4) is 0 Å². The van der Waals surface area contributed by atoms with Crippen LogP contribution in [0, 0.1) is 0 Å². The summed E-state index contributed by atoms with van der Waals surface area (Å²) in [4.78, 5) is 0.811. The zero-order valence-electron chi connectivity index (χ0n) is 8.64. The van der Waals surface area contributed by atoms with Gasteiger partial charge >= 0.3 is 0 Å². The zero-order valence-corrected chi connectivity index (χ0v) is 9.46. The molecule has 5 heteroatoms. The highest BCUT2D eigenvalue weighted by Crippen LogP contribution is 2.29. The van der Waals surface area contributed by atoms with E-state index >= 15 is 0 Å². The molecular formula is C10H14N2O2S. The molecule has 1 aliphatic rings. The molecule has 2 rings (SSSR count). The molecule has 0 aliphatic carbocycles. The van der Waals surface area contributed by atoms with Crippen molar-refractivity contribution in [1.29, 1.82) is 0 Å². The predicted octanol–water partition coefficient (Wildman–Crippen LogP) is 1.83. The Kier molecular flexibility index (Phi) is 3.33. The van der Waals surface area contributed by atoms with Gasteiger partial charge < -0.3 is 9.84 Å². The fourth-order valence-electron chi connectivity index (χ4n) is 1.56. The van der Waals surface area contributed by atoms with E-state index in [0.29, 0.717) is 12.4 Å². The van der Waals surface area contributed by atoms with Crippen molar-refractivity contribution in [1.82, 2.24) is 9.59 Å². The van der Waals surface area contributed by atoms with Crippen LogP contribution in [-0.2, 0) is 11.2 Å². The van der Waals surface area contributed by atoms with Crippen LogP contribution < -0.4 is 0 Å². The summed E-state index contributed by atoms with van der Waals surface area (Å²) in [6, 6.07) is 0. The quantitative estimate of drug-likeness (QED) is 0.854. The summed E-state index contributed by atoms with van der Waals surface area (Å²) in [6.07, 6.45) is 4.06. The maximum Gasteiger partial charge on any atom is 0.148 e. The van der Waals surface area contributed by atoms with Crippen molar-refractivity contribution in [3.63, 3.8) is 0 Å². The van der Waals surface area contributed by atoms with E-state index in [2.05, 4.69) is 9.59 Å². The summed E-state index contributed by atoms with van der Waals surface area (Å²) in [6.45, 7) is 2.69. The van der Waals surface area contributed by atoms with Gasteiger partial charge in [-0.05, 0) is 36.9 Å². The Labute approximate surface area is 92.8 Å². The number of nitrogens with zero attached hydrogens (tertiary/aromatic N) is 2. The molecule has 1 aromatic rings. The van der Waals surface area contributed by atoms with E-state index in [1.165, 1.54) is 11.5 Å². The molecule has 2 heterocycles. The van der Waals surface area contributed by atoms with Crippen LogP contribution in [0.15, 0.2) is 11.8 Å². The lowest BCUT2D eigenvalue weighted by molar-refractivity contribution is 0.0931. The third-order valence-corrected chi connectivity index (χ3v) is 3.22. The highest BCUT2D eigenvalue weighted by molar-refractivity contribution is 7.05. The van der Waals surface area contributed by atoms with Gasteiger partial charge in [-0.25, -0.2) is 0 Å². The van der Waals surface area contributed by atoms with Crippen LogP contribution in [0.3, 0.4) is 0 Å². The summed E-state index contributed by atoms with van der Waals surface area (Å²) in [5.41, 5.74) is 0.863. The van der Waals surface area contributed by atoms with Gasteiger partial charge in [0.1, 0.15) is 11.9 Å². The Morgan fingerprint density at radius 3 is 3.20 bits per heavy atom. The number of rotatable bonds is 3. The van der Waals surface area contributed by atoms with Gasteiger partial charge in [0.25, 0.3) is 0 Å². The monoisotopic (exact) mass is 226 g/mol. The fraction of sp³-hybridized carbons (Fsp3) is 0.600. The van der Waals surface area contributed by atoms with Crippen molar-refractivity contribution in [3.05, 3.63) is 22.4 Å². The van der Waals surface area contributed by atoms with Crippen molar-refractivity contribution in [2.45, 2.75) is 32.3 Å². The van der Waals surface area contributed by atoms with Crippen molar-refractivity contribution >= 4 is 11.5 Å². The Bertz CT molecular complexity index is 362. The van der Waals surface area contributed by atoms with Gasteiger partial charge in [-0.15, -0.1) is 5.10 Å². The number of hydrogen-bond donors (Lipinski definition) is 1. The maximum absolute atomic E-state index is 10.1. The van der Waals surface area contributed by atoms with E-state index < -0.39 is 6.10 Å². The van der Waals surface area contributed by atoms with Gasteiger partial charge in [-0.2, -0.15) is 0 Å². The smallest absolute Gasteiger partial charge is 0.148 e. The van der Waals surface area contributed by atoms with Gasteiger partial charge in [0.05, 0.1) is 17.2 Å². The van der Waals surface area contributed by atoms with E-state index in [9.17, 15) is 5.11 Å².